The van der Waals surface area contributed by atoms with Gasteiger partial charge in [-0.05, 0) is 85.4 Å². The molecule has 1 heterocycles. The molecule has 1 aliphatic heterocycles. The van der Waals surface area contributed by atoms with Gasteiger partial charge in [-0.15, -0.1) is 0 Å². The van der Waals surface area contributed by atoms with Crippen molar-refractivity contribution in [1.29, 1.82) is 0 Å². The molecule has 0 radical (unpaired) electrons. The Bertz CT molecular complexity index is 1530. The Balaban J connectivity index is 1.63. The molecule has 10 heteroatoms. The first kappa shape index (κ1) is 32.3. The first-order valence-corrected chi connectivity index (χ1v) is 16.5. The van der Waals surface area contributed by atoms with Crippen LogP contribution >= 0.6 is 55.1 Å². The molecule has 0 bridgehead atoms. The van der Waals surface area contributed by atoms with Crippen LogP contribution in [0.5, 0.6) is 5.75 Å². The number of allylic oxidation sites excluding steroid dienone is 4. The largest absolute Gasteiger partial charge is 0.486 e. The van der Waals surface area contributed by atoms with Gasteiger partial charge >= 0.3 is 5.97 Å². The highest BCUT2D eigenvalue weighted by molar-refractivity contribution is 9.11. The summed E-state index contributed by atoms with van der Waals surface area (Å²) in [6.07, 6.45) is 1.83. The quantitative estimate of drug-likeness (QED) is 0.304. The number of rotatable bonds is 7. The van der Waals surface area contributed by atoms with Gasteiger partial charge in [-0.25, -0.2) is 0 Å². The zero-order chi connectivity index (χ0) is 31.4. The summed E-state index contributed by atoms with van der Waals surface area (Å²) in [5.74, 6) is -0.941. The molecule has 228 valence electrons. The summed E-state index contributed by atoms with van der Waals surface area (Å²) >= 11 is 19.7. The van der Waals surface area contributed by atoms with Crippen LogP contribution in [0.15, 0.2) is 61.8 Å². The molecule has 0 fully saturated rings. The van der Waals surface area contributed by atoms with Crippen molar-refractivity contribution in [3.63, 3.8) is 0 Å². The number of benzene rings is 2. The molecular weight excluding hydrogens is 721 g/mol. The molecule has 0 amide bonds. The van der Waals surface area contributed by atoms with E-state index in [1.54, 1.807) is 12.1 Å². The van der Waals surface area contributed by atoms with Crippen LogP contribution in [-0.4, -0.2) is 34.1 Å². The van der Waals surface area contributed by atoms with E-state index in [0.29, 0.717) is 61.6 Å². The molecule has 0 unspecified atom stereocenters. The zero-order valence-corrected chi connectivity index (χ0v) is 29.1. The van der Waals surface area contributed by atoms with Gasteiger partial charge in [0.1, 0.15) is 12.4 Å². The maximum atomic E-state index is 14.0. The number of carboxylic acid groups (broad SMARTS) is 1. The smallest absolute Gasteiger partial charge is 0.305 e. The van der Waals surface area contributed by atoms with E-state index >= 15 is 0 Å². The lowest BCUT2D eigenvalue weighted by molar-refractivity contribution is -0.137. The van der Waals surface area contributed by atoms with E-state index in [1.165, 1.54) is 0 Å². The van der Waals surface area contributed by atoms with E-state index in [2.05, 4.69) is 59.6 Å². The van der Waals surface area contributed by atoms with Crippen molar-refractivity contribution in [3.05, 3.63) is 83.0 Å². The van der Waals surface area contributed by atoms with Crippen molar-refractivity contribution < 1.29 is 24.2 Å². The molecular formula is C33H33Br2Cl2NO5. The summed E-state index contributed by atoms with van der Waals surface area (Å²) in [4.78, 5) is 41.6. The minimum absolute atomic E-state index is 0.00860. The van der Waals surface area contributed by atoms with Crippen molar-refractivity contribution in [2.24, 2.45) is 10.8 Å². The second-order valence-corrected chi connectivity index (χ2v) is 15.7. The zero-order valence-electron chi connectivity index (χ0n) is 24.5. The summed E-state index contributed by atoms with van der Waals surface area (Å²) in [5, 5.41) is 10.6. The van der Waals surface area contributed by atoms with Crippen LogP contribution in [0.4, 0.5) is 0 Å². The molecule has 2 aliphatic carbocycles. The van der Waals surface area contributed by atoms with E-state index in [-0.39, 0.29) is 42.0 Å². The van der Waals surface area contributed by atoms with E-state index in [9.17, 15) is 19.5 Å². The molecule has 43 heavy (non-hydrogen) atoms. The highest BCUT2D eigenvalue weighted by Gasteiger charge is 2.49. The molecule has 0 spiro atoms. The number of carboxylic acids is 1. The van der Waals surface area contributed by atoms with Gasteiger partial charge in [0.15, 0.2) is 11.6 Å². The van der Waals surface area contributed by atoms with Crippen molar-refractivity contribution in [2.45, 2.75) is 72.3 Å². The van der Waals surface area contributed by atoms with Crippen LogP contribution in [0.1, 0.15) is 76.8 Å². The van der Waals surface area contributed by atoms with E-state index in [0.717, 1.165) is 22.5 Å². The molecule has 1 N–H and O–H groups in total. The summed E-state index contributed by atoms with van der Waals surface area (Å²) in [7, 11) is 0. The number of Topliss-reactive ketones (excluding diaryl/α,β-unsaturated/α-hetero) is 2. The standard InChI is InChI=1S/C33H33Br2Cl2NO5/c1-32(2)12-23-29(25(39)14-32)28(30-24(38(23)8-7-27(41)42)13-33(3,4)15-26(30)40)18-9-20(34)31(21(35)10-18)43-16-17-5-6-19(36)11-22(17)37/h5-6,9-11,28H,7-8,12-16H2,1-4H3,(H,41,42). The third kappa shape index (κ3) is 6.63. The van der Waals surface area contributed by atoms with Gasteiger partial charge in [0, 0.05) is 63.5 Å². The third-order valence-electron chi connectivity index (χ3n) is 8.31. The lowest BCUT2D eigenvalue weighted by Gasteiger charge is -2.49. The van der Waals surface area contributed by atoms with Crippen LogP contribution in [0.3, 0.4) is 0 Å². The number of carbonyl (C=O) groups excluding carboxylic acids is 2. The minimum Gasteiger partial charge on any atom is -0.486 e. The Hall–Kier alpha value is -2.13. The van der Waals surface area contributed by atoms with Gasteiger partial charge in [-0.3, -0.25) is 14.4 Å². The minimum atomic E-state index is -0.919. The van der Waals surface area contributed by atoms with Crippen molar-refractivity contribution in [2.75, 3.05) is 6.54 Å². The monoisotopic (exact) mass is 751 g/mol. The first-order chi connectivity index (χ1) is 20.1. The molecule has 5 rings (SSSR count). The molecule has 3 aliphatic rings. The van der Waals surface area contributed by atoms with Gasteiger partial charge < -0.3 is 14.7 Å². The summed E-state index contributed by atoms with van der Waals surface area (Å²) in [6.45, 7) is 8.66. The van der Waals surface area contributed by atoms with Crippen LogP contribution in [0.25, 0.3) is 0 Å². The Morgan fingerprint density at radius 2 is 1.47 bits per heavy atom. The Labute approximate surface area is 278 Å². The van der Waals surface area contributed by atoms with Crippen molar-refractivity contribution in [3.8, 4) is 5.75 Å². The normalized spacial score (nSPS) is 19.9. The van der Waals surface area contributed by atoms with Crippen molar-refractivity contribution in [1.82, 2.24) is 4.90 Å². The number of ether oxygens (including phenoxy) is 1. The molecule has 0 saturated carbocycles. The second-order valence-electron chi connectivity index (χ2n) is 13.2. The number of nitrogens with zero attached hydrogens (tertiary/aromatic N) is 1. The predicted octanol–water partition coefficient (Wildman–Crippen LogP) is 9.26. The molecule has 2 aromatic carbocycles. The predicted molar refractivity (Wildman–Crippen MR) is 174 cm³/mol. The Kier molecular flexibility index (Phi) is 9.00. The Morgan fingerprint density at radius 3 is 1.95 bits per heavy atom. The second kappa shape index (κ2) is 12.0. The Morgan fingerprint density at radius 1 is 0.930 bits per heavy atom. The summed E-state index contributed by atoms with van der Waals surface area (Å²) < 4.78 is 7.47. The highest BCUT2D eigenvalue weighted by atomic mass is 79.9. The fourth-order valence-corrected chi connectivity index (χ4v) is 8.44. The number of halogens is 4. The molecule has 0 aromatic heterocycles. The van der Waals surface area contributed by atoms with Crippen LogP contribution < -0.4 is 4.74 Å². The highest BCUT2D eigenvalue weighted by Crippen LogP contribution is 2.55. The summed E-state index contributed by atoms with van der Waals surface area (Å²) in [6, 6.07) is 9.06. The lowest BCUT2D eigenvalue weighted by atomic mass is 9.63. The van der Waals surface area contributed by atoms with E-state index in [1.807, 2.05) is 23.1 Å². The molecule has 2 aromatic rings. The first-order valence-electron chi connectivity index (χ1n) is 14.1. The van der Waals surface area contributed by atoms with Crippen LogP contribution in [-0.2, 0) is 21.0 Å². The maximum absolute atomic E-state index is 14.0. The van der Waals surface area contributed by atoms with Crippen LogP contribution in [0, 0.1) is 10.8 Å². The van der Waals surface area contributed by atoms with Gasteiger partial charge in [0.25, 0.3) is 0 Å². The average Bonchev–Trinajstić information content (AvgIpc) is 2.86. The average molecular weight is 754 g/mol. The SMILES string of the molecule is CC1(C)CC(=O)C2=C(C1)N(CCC(=O)O)C1=C(C(=O)CC(C)(C)C1)C2c1cc(Br)c(OCc2ccc(Cl)cc2Cl)c(Br)c1. The summed E-state index contributed by atoms with van der Waals surface area (Å²) in [5.41, 5.74) is 3.83. The van der Waals surface area contributed by atoms with Crippen LogP contribution in [0.2, 0.25) is 10.0 Å². The molecule has 0 atom stereocenters. The van der Waals surface area contributed by atoms with Gasteiger partial charge in [-0.1, -0.05) is 57.0 Å². The topological polar surface area (TPSA) is 83.9 Å². The van der Waals surface area contributed by atoms with Crippen molar-refractivity contribution >= 4 is 72.6 Å². The number of hydrogen-bond donors (Lipinski definition) is 1. The fraction of sp³-hybridized carbons (Fsp3) is 0.424. The van der Waals surface area contributed by atoms with Gasteiger partial charge in [-0.2, -0.15) is 0 Å². The van der Waals surface area contributed by atoms with E-state index in [4.69, 9.17) is 27.9 Å². The molecule has 0 saturated heterocycles. The fourth-order valence-electron chi connectivity index (χ4n) is 6.53. The number of ketones is 2. The third-order valence-corrected chi connectivity index (χ3v) is 10.1. The van der Waals surface area contributed by atoms with E-state index < -0.39 is 11.9 Å². The molecule has 6 nitrogen and oxygen atoms in total. The van der Waals surface area contributed by atoms with Gasteiger partial charge in [0.05, 0.1) is 15.4 Å². The number of hydrogen-bond acceptors (Lipinski definition) is 5. The number of carbonyl (C=O) groups is 3. The number of aliphatic carboxylic acids is 1. The maximum Gasteiger partial charge on any atom is 0.305 e. The lowest BCUT2D eigenvalue weighted by Crippen LogP contribution is -2.45. The van der Waals surface area contributed by atoms with Gasteiger partial charge in [0.2, 0.25) is 0 Å².